The predicted molar refractivity (Wildman–Crippen MR) is 84.7 cm³/mol. The van der Waals surface area contributed by atoms with Crippen molar-refractivity contribution in [3.05, 3.63) is 34.9 Å². The number of carbonyl (C=O) groups is 2. The average Bonchev–Trinajstić information content (AvgIpc) is 2.94. The molecule has 1 aliphatic rings. The van der Waals surface area contributed by atoms with Crippen molar-refractivity contribution in [2.24, 2.45) is 0 Å². The number of benzene rings is 1. The molecule has 11 heteroatoms. The molecule has 0 spiro atoms. The Morgan fingerprint density at radius 1 is 1.11 bits per heavy atom. The van der Waals surface area contributed by atoms with Gasteiger partial charge in [0.2, 0.25) is 11.8 Å². The molecule has 0 unspecified atom stereocenters. The zero-order chi connectivity index (χ0) is 21.4. The summed E-state index contributed by atoms with van der Waals surface area (Å²) in [6.07, 6.45) is -11.0. The molecule has 1 aromatic carbocycles. The van der Waals surface area contributed by atoms with Crippen LogP contribution in [0.1, 0.15) is 30.0 Å². The van der Waals surface area contributed by atoms with Crippen LogP contribution >= 0.6 is 0 Å². The lowest BCUT2D eigenvalue weighted by Gasteiger charge is -2.27. The standard InChI is InChI=1S/C17H18F6N2O3/c1-9(26)25-8-13(27)6-14(25)15(28)24(2)7-10-3-11(16(18,19)20)5-12(4-10)17(21,22)23/h3-5,13-14,27H,6-8H2,1-2H3/t13-,14+/m1/s1. The van der Waals surface area contributed by atoms with Crippen LogP contribution in [0.4, 0.5) is 26.3 Å². The number of aliphatic hydroxyl groups is 1. The Morgan fingerprint density at radius 3 is 2.04 bits per heavy atom. The Bertz CT molecular complexity index is 730. The number of likely N-dealkylation sites (tertiary alicyclic amines) is 1. The summed E-state index contributed by atoms with van der Waals surface area (Å²) in [5, 5.41) is 9.68. The maximum absolute atomic E-state index is 12.9. The number of hydrogen-bond acceptors (Lipinski definition) is 3. The van der Waals surface area contributed by atoms with Crippen LogP contribution in [0.25, 0.3) is 0 Å². The number of halogens is 6. The molecule has 1 saturated heterocycles. The molecule has 2 rings (SSSR count). The largest absolute Gasteiger partial charge is 0.416 e. The summed E-state index contributed by atoms with van der Waals surface area (Å²) in [5.74, 6) is -1.15. The second kappa shape index (κ2) is 7.61. The number of amides is 2. The number of nitrogens with zero attached hydrogens (tertiary/aromatic N) is 2. The van der Waals surface area contributed by atoms with Crippen LogP contribution in [0, 0.1) is 0 Å². The Labute approximate surface area is 156 Å². The van der Waals surface area contributed by atoms with E-state index in [1.807, 2.05) is 0 Å². The van der Waals surface area contributed by atoms with Gasteiger partial charge in [-0.1, -0.05) is 0 Å². The lowest BCUT2D eigenvalue weighted by Crippen LogP contribution is -2.45. The summed E-state index contributed by atoms with van der Waals surface area (Å²) >= 11 is 0. The van der Waals surface area contributed by atoms with Crippen molar-refractivity contribution < 1.29 is 41.0 Å². The van der Waals surface area contributed by atoms with Crippen LogP contribution in [-0.2, 0) is 28.5 Å². The third kappa shape index (κ3) is 4.94. The Morgan fingerprint density at radius 2 is 1.61 bits per heavy atom. The van der Waals surface area contributed by atoms with E-state index in [9.17, 15) is 41.0 Å². The monoisotopic (exact) mass is 412 g/mol. The molecule has 2 atom stereocenters. The van der Waals surface area contributed by atoms with E-state index in [1.54, 1.807) is 0 Å². The van der Waals surface area contributed by atoms with Gasteiger partial charge >= 0.3 is 12.4 Å². The van der Waals surface area contributed by atoms with Gasteiger partial charge in [-0.3, -0.25) is 9.59 Å². The molecular weight excluding hydrogens is 394 g/mol. The third-order valence-corrected chi connectivity index (χ3v) is 4.41. The molecule has 1 aromatic rings. The van der Waals surface area contributed by atoms with E-state index in [0.29, 0.717) is 12.1 Å². The van der Waals surface area contributed by atoms with Crippen LogP contribution < -0.4 is 0 Å². The smallest absolute Gasteiger partial charge is 0.391 e. The summed E-state index contributed by atoms with van der Waals surface area (Å²) in [4.78, 5) is 26.2. The minimum atomic E-state index is -4.99. The Kier molecular flexibility index (Phi) is 5.98. The second-order valence-electron chi connectivity index (χ2n) is 6.69. The highest BCUT2D eigenvalue weighted by atomic mass is 19.4. The van der Waals surface area contributed by atoms with Gasteiger partial charge in [-0.25, -0.2) is 0 Å². The molecule has 0 radical (unpaired) electrons. The predicted octanol–water partition coefficient (Wildman–Crippen LogP) is 2.66. The van der Waals surface area contributed by atoms with Crippen molar-refractivity contribution in [1.82, 2.24) is 9.80 Å². The highest BCUT2D eigenvalue weighted by Crippen LogP contribution is 2.36. The van der Waals surface area contributed by atoms with Gasteiger partial charge in [-0.05, 0) is 23.8 Å². The normalized spacial score (nSPS) is 20.4. The maximum atomic E-state index is 12.9. The van der Waals surface area contributed by atoms with Gasteiger partial charge in [-0.2, -0.15) is 26.3 Å². The van der Waals surface area contributed by atoms with E-state index in [2.05, 4.69) is 0 Å². The molecule has 156 valence electrons. The average molecular weight is 412 g/mol. The van der Waals surface area contributed by atoms with Crippen molar-refractivity contribution in [3.63, 3.8) is 0 Å². The van der Waals surface area contributed by atoms with Gasteiger partial charge in [-0.15, -0.1) is 0 Å². The molecule has 2 amide bonds. The molecule has 0 aliphatic carbocycles. The zero-order valence-electron chi connectivity index (χ0n) is 14.9. The SMILES string of the molecule is CC(=O)N1C[C@H](O)C[C@H]1C(=O)N(C)Cc1cc(C(F)(F)F)cc(C(F)(F)F)c1. The first-order valence-electron chi connectivity index (χ1n) is 8.18. The topological polar surface area (TPSA) is 60.9 Å². The number of aliphatic hydroxyl groups excluding tert-OH is 1. The maximum Gasteiger partial charge on any atom is 0.416 e. The van der Waals surface area contributed by atoms with Crippen LogP contribution in [0.2, 0.25) is 0 Å². The molecule has 1 aliphatic heterocycles. The van der Waals surface area contributed by atoms with Gasteiger partial charge < -0.3 is 14.9 Å². The summed E-state index contributed by atoms with van der Waals surface area (Å²) in [5.41, 5.74) is -3.30. The van der Waals surface area contributed by atoms with Gasteiger partial charge in [0.1, 0.15) is 6.04 Å². The quantitative estimate of drug-likeness (QED) is 0.777. The number of β-amino-alcohol motifs (C(OH)–C–C–N with tert-alkyl or cyclic N) is 1. The number of hydrogen-bond donors (Lipinski definition) is 1. The fourth-order valence-electron chi connectivity index (χ4n) is 3.11. The number of likely N-dealkylation sites (N-methyl/N-ethyl adjacent to an activating group) is 1. The Hall–Kier alpha value is -2.30. The fourth-order valence-corrected chi connectivity index (χ4v) is 3.11. The molecule has 0 saturated carbocycles. The van der Waals surface area contributed by atoms with Crippen LogP contribution in [0.3, 0.4) is 0 Å². The fraction of sp³-hybridized carbons (Fsp3) is 0.529. The minimum Gasteiger partial charge on any atom is -0.391 e. The first kappa shape index (κ1) is 22.0. The number of carbonyl (C=O) groups excluding carboxylic acids is 2. The van der Waals surface area contributed by atoms with E-state index < -0.39 is 54.0 Å². The van der Waals surface area contributed by atoms with Gasteiger partial charge in [0.05, 0.1) is 17.2 Å². The van der Waals surface area contributed by atoms with Gasteiger partial charge in [0.25, 0.3) is 0 Å². The van der Waals surface area contributed by atoms with E-state index in [0.717, 1.165) is 9.80 Å². The first-order chi connectivity index (χ1) is 12.7. The van der Waals surface area contributed by atoms with Crippen molar-refractivity contribution in [2.75, 3.05) is 13.6 Å². The van der Waals surface area contributed by atoms with Crippen molar-refractivity contribution >= 4 is 11.8 Å². The first-order valence-corrected chi connectivity index (χ1v) is 8.18. The molecule has 28 heavy (non-hydrogen) atoms. The van der Waals surface area contributed by atoms with Crippen LogP contribution in [0.15, 0.2) is 18.2 Å². The number of alkyl halides is 6. The summed E-state index contributed by atoms with van der Waals surface area (Å²) in [6.45, 7) is 0.603. The molecule has 0 aromatic heterocycles. The van der Waals surface area contributed by atoms with Crippen LogP contribution in [-0.4, -0.2) is 52.5 Å². The number of rotatable bonds is 3. The van der Waals surface area contributed by atoms with Crippen molar-refractivity contribution in [1.29, 1.82) is 0 Å². The van der Waals surface area contributed by atoms with E-state index in [4.69, 9.17) is 0 Å². The highest BCUT2D eigenvalue weighted by Gasteiger charge is 2.40. The molecule has 1 fully saturated rings. The van der Waals surface area contributed by atoms with Gasteiger partial charge in [0, 0.05) is 33.5 Å². The van der Waals surface area contributed by atoms with Gasteiger partial charge in [0.15, 0.2) is 0 Å². The minimum absolute atomic E-state index is 0.0101. The second-order valence-corrected chi connectivity index (χ2v) is 6.69. The molecular formula is C17H18F6N2O3. The Balaban J connectivity index is 2.28. The van der Waals surface area contributed by atoms with E-state index in [1.165, 1.54) is 14.0 Å². The van der Waals surface area contributed by atoms with Crippen molar-refractivity contribution in [2.45, 2.75) is 44.4 Å². The molecule has 1 N–H and O–H groups in total. The summed E-state index contributed by atoms with van der Waals surface area (Å²) < 4.78 is 77.6. The highest BCUT2D eigenvalue weighted by molar-refractivity contribution is 5.87. The van der Waals surface area contributed by atoms with E-state index in [-0.39, 0.29) is 24.6 Å². The zero-order valence-corrected chi connectivity index (χ0v) is 14.9. The molecule has 0 bridgehead atoms. The summed E-state index contributed by atoms with van der Waals surface area (Å²) in [6, 6.07) is 0.0810. The van der Waals surface area contributed by atoms with Crippen LogP contribution in [0.5, 0.6) is 0 Å². The summed E-state index contributed by atoms with van der Waals surface area (Å²) in [7, 11) is 1.21. The third-order valence-electron chi connectivity index (χ3n) is 4.41. The molecule has 1 heterocycles. The lowest BCUT2D eigenvalue weighted by molar-refractivity contribution is -0.143. The van der Waals surface area contributed by atoms with E-state index >= 15 is 0 Å². The lowest BCUT2D eigenvalue weighted by atomic mass is 10.0. The molecule has 5 nitrogen and oxygen atoms in total. The van der Waals surface area contributed by atoms with Crippen molar-refractivity contribution in [3.8, 4) is 0 Å².